The molecular weight excluding hydrogens is 338 g/mol. The van der Waals surface area contributed by atoms with Crippen LogP contribution < -0.4 is 4.90 Å². The van der Waals surface area contributed by atoms with Gasteiger partial charge in [0.25, 0.3) is 11.8 Å². The smallest absolute Gasteiger partial charge is 0.267 e. The second kappa shape index (κ2) is 7.00. The van der Waals surface area contributed by atoms with E-state index in [1.807, 2.05) is 55.6 Å². The zero-order valence-corrected chi connectivity index (χ0v) is 15.7. The fourth-order valence-electron chi connectivity index (χ4n) is 3.54. The molecule has 2 aromatic rings. The fourth-order valence-corrected chi connectivity index (χ4v) is 3.54. The summed E-state index contributed by atoms with van der Waals surface area (Å²) >= 11 is 0. The lowest BCUT2D eigenvalue weighted by atomic mass is 9.93. The minimum atomic E-state index is -0.269. The van der Waals surface area contributed by atoms with Crippen LogP contribution >= 0.6 is 0 Å². The standard InChI is InChI=1S/C22H23N3O2/c1-16-7-9-17(10-8-16)25-21(26)19-6-4-3-5-18(19)20(22(25)27)15-24-13-11-23(2)12-14-24/h3-10,15H,11-14H2,1-2H3/b20-15+. The van der Waals surface area contributed by atoms with E-state index in [4.69, 9.17) is 0 Å². The summed E-state index contributed by atoms with van der Waals surface area (Å²) in [6.07, 6.45) is 1.93. The lowest BCUT2D eigenvalue weighted by Gasteiger charge is -2.34. The molecule has 2 amide bonds. The molecule has 0 aromatic heterocycles. The Morgan fingerprint density at radius 3 is 2.11 bits per heavy atom. The van der Waals surface area contributed by atoms with E-state index >= 15 is 0 Å². The number of piperazine rings is 1. The maximum atomic E-state index is 13.3. The van der Waals surface area contributed by atoms with Crippen LogP contribution in [0.4, 0.5) is 5.69 Å². The van der Waals surface area contributed by atoms with Crippen LogP contribution in [0.15, 0.2) is 54.7 Å². The van der Waals surface area contributed by atoms with Gasteiger partial charge in [-0.15, -0.1) is 0 Å². The van der Waals surface area contributed by atoms with Crippen LogP contribution in [-0.4, -0.2) is 54.8 Å². The highest BCUT2D eigenvalue weighted by atomic mass is 16.2. The van der Waals surface area contributed by atoms with Crippen LogP contribution in [0.5, 0.6) is 0 Å². The van der Waals surface area contributed by atoms with Crippen LogP contribution in [0.3, 0.4) is 0 Å². The van der Waals surface area contributed by atoms with Gasteiger partial charge >= 0.3 is 0 Å². The number of aryl methyl sites for hydroxylation is 1. The summed E-state index contributed by atoms with van der Waals surface area (Å²) in [5.41, 5.74) is 3.56. The average Bonchev–Trinajstić information content (AvgIpc) is 2.68. The number of imide groups is 1. The SMILES string of the molecule is Cc1ccc(N2C(=O)/C(=C/N3CCN(C)CC3)c3ccccc3C2=O)cc1. The van der Waals surface area contributed by atoms with E-state index in [2.05, 4.69) is 16.8 Å². The first-order valence-corrected chi connectivity index (χ1v) is 9.24. The summed E-state index contributed by atoms with van der Waals surface area (Å²) in [5.74, 6) is -0.531. The molecule has 0 unspecified atom stereocenters. The van der Waals surface area contributed by atoms with Crippen molar-refractivity contribution in [2.75, 3.05) is 38.1 Å². The number of hydrogen-bond acceptors (Lipinski definition) is 4. The van der Waals surface area contributed by atoms with Crippen LogP contribution in [0.2, 0.25) is 0 Å². The lowest BCUT2D eigenvalue weighted by Crippen LogP contribution is -2.44. The number of amides is 2. The highest BCUT2D eigenvalue weighted by Gasteiger charge is 2.36. The number of anilines is 1. The van der Waals surface area contributed by atoms with Crippen molar-refractivity contribution in [2.45, 2.75) is 6.92 Å². The number of carbonyl (C=O) groups excluding carboxylic acids is 2. The molecule has 27 heavy (non-hydrogen) atoms. The number of hydrogen-bond donors (Lipinski definition) is 0. The summed E-state index contributed by atoms with van der Waals surface area (Å²) < 4.78 is 0. The van der Waals surface area contributed by atoms with Crippen molar-refractivity contribution in [1.29, 1.82) is 0 Å². The van der Waals surface area contributed by atoms with Crippen LogP contribution in [0.1, 0.15) is 21.5 Å². The first kappa shape index (κ1) is 17.5. The number of carbonyl (C=O) groups is 2. The van der Waals surface area contributed by atoms with Gasteiger partial charge in [-0.2, -0.15) is 0 Å². The second-order valence-electron chi connectivity index (χ2n) is 7.21. The van der Waals surface area contributed by atoms with Crippen molar-refractivity contribution in [1.82, 2.24) is 9.80 Å². The van der Waals surface area contributed by atoms with Crippen LogP contribution in [0.25, 0.3) is 5.57 Å². The molecule has 0 radical (unpaired) electrons. The molecule has 1 saturated heterocycles. The number of likely N-dealkylation sites (N-methyl/N-ethyl adjacent to an activating group) is 1. The molecule has 0 atom stereocenters. The number of fused-ring (bicyclic) bond motifs is 1. The van der Waals surface area contributed by atoms with E-state index in [1.165, 1.54) is 4.90 Å². The molecule has 1 fully saturated rings. The minimum Gasteiger partial charge on any atom is -0.374 e. The second-order valence-corrected chi connectivity index (χ2v) is 7.21. The highest BCUT2D eigenvalue weighted by Crippen LogP contribution is 2.32. The van der Waals surface area contributed by atoms with E-state index in [1.54, 1.807) is 6.07 Å². The summed E-state index contributed by atoms with van der Waals surface area (Å²) in [6.45, 7) is 5.64. The number of benzene rings is 2. The monoisotopic (exact) mass is 361 g/mol. The molecule has 0 spiro atoms. The third kappa shape index (κ3) is 3.26. The topological polar surface area (TPSA) is 43.9 Å². The van der Waals surface area contributed by atoms with Crippen molar-refractivity contribution in [2.24, 2.45) is 0 Å². The summed E-state index contributed by atoms with van der Waals surface area (Å²) in [7, 11) is 2.10. The summed E-state index contributed by atoms with van der Waals surface area (Å²) in [6, 6.07) is 14.9. The molecule has 138 valence electrons. The van der Waals surface area contributed by atoms with Gasteiger partial charge in [-0.05, 0) is 32.2 Å². The van der Waals surface area contributed by atoms with Crippen LogP contribution in [-0.2, 0) is 4.79 Å². The lowest BCUT2D eigenvalue weighted by molar-refractivity contribution is -0.112. The molecule has 2 heterocycles. The third-order valence-corrected chi connectivity index (χ3v) is 5.23. The van der Waals surface area contributed by atoms with Crippen molar-refractivity contribution in [3.63, 3.8) is 0 Å². The van der Waals surface area contributed by atoms with E-state index in [-0.39, 0.29) is 11.8 Å². The summed E-state index contributed by atoms with van der Waals surface area (Å²) in [4.78, 5) is 32.1. The van der Waals surface area contributed by atoms with Gasteiger partial charge in [0.05, 0.1) is 11.3 Å². The maximum Gasteiger partial charge on any atom is 0.267 e. The Kier molecular flexibility index (Phi) is 4.54. The fraction of sp³-hybridized carbons (Fsp3) is 0.273. The van der Waals surface area contributed by atoms with Crippen molar-refractivity contribution in [3.05, 3.63) is 71.4 Å². The Bertz CT molecular complexity index is 909. The molecule has 0 bridgehead atoms. The van der Waals surface area contributed by atoms with Crippen molar-refractivity contribution in [3.8, 4) is 0 Å². The van der Waals surface area contributed by atoms with Gasteiger partial charge in [-0.3, -0.25) is 9.59 Å². The van der Waals surface area contributed by atoms with Crippen molar-refractivity contribution < 1.29 is 9.59 Å². The highest BCUT2D eigenvalue weighted by molar-refractivity contribution is 6.41. The quantitative estimate of drug-likeness (QED) is 0.609. The largest absolute Gasteiger partial charge is 0.374 e. The minimum absolute atomic E-state index is 0.263. The molecule has 4 rings (SSSR count). The Hall–Kier alpha value is -2.92. The van der Waals surface area contributed by atoms with Crippen molar-refractivity contribution >= 4 is 23.1 Å². The Morgan fingerprint density at radius 2 is 1.44 bits per heavy atom. The Balaban J connectivity index is 1.78. The van der Waals surface area contributed by atoms with Gasteiger partial charge in [0, 0.05) is 43.5 Å². The molecule has 5 nitrogen and oxygen atoms in total. The van der Waals surface area contributed by atoms with Gasteiger partial charge in [0.15, 0.2) is 0 Å². The predicted octanol–water partition coefficient (Wildman–Crippen LogP) is 2.77. The molecule has 2 aromatic carbocycles. The molecule has 0 N–H and O–H groups in total. The number of rotatable bonds is 2. The Morgan fingerprint density at radius 1 is 0.815 bits per heavy atom. The Labute approximate surface area is 159 Å². The molecule has 2 aliphatic rings. The first-order valence-electron chi connectivity index (χ1n) is 9.24. The van der Waals surface area contributed by atoms with Gasteiger partial charge in [0.1, 0.15) is 0 Å². The molecule has 0 saturated carbocycles. The molecular formula is C22H23N3O2. The normalized spacial score (nSPS) is 19.6. The molecule has 2 aliphatic heterocycles. The van der Waals surface area contributed by atoms with E-state index in [0.29, 0.717) is 16.8 Å². The van der Waals surface area contributed by atoms with Gasteiger partial charge in [-0.1, -0.05) is 35.9 Å². The molecule has 0 aliphatic carbocycles. The van der Waals surface area contributed by atoms with E-state index < -0.39 is 0 Å². The predicted molar refractivity (Wildman–Crippen MR) is 106 cm³/mol. The van der Waals surface area contributed by atoms with E-state index in [9.17, 15) is 9.59 Å². The zero-order valence-electron chi connectivity index (χ0n) is 15.7. The van der Waals surface area contributed by atoms with Gasteiger partial charge < -0.3 is 9.80 Å². The van der Waals surface area contributed by atoms with Crippen LogP contribution in [0, 0.1) is 6.92 Å². The third-order valence-electron chi connectivity index (χ3n) is 5.23. The van der Waals surface area contributed by atoms with E-state index in [0.717, 1.165) is 37.3 Å². The number of nitrogens with zero attached hydrogens (tertiary/aromatic N) is 3. The summed E-state index contributed by atoms with van der Waals surface area (Å²) in [5, 5.41) is 0. The van der Waals surface area contributed by atoms with Gasteiger partial charge in [0.2, 0.25) is 0 Å². The molecule has 5 heteroatoms. The maximum absolute atomic E-state index is 13.3. The van der Waals surface area contributed by atoms with Gasteiger partial charge in [-0.25, -0.2) is 4.90 Å². The average molecular weight is 361 g/mol. The first-order chi connectivity index (χ1) is 13.0. The zero-order chi connectivity index (χ0) is 19.0.